The molecule has 1 heterocycles. The lowest BCUT2D eigenvalue weighted by Gasteiger charge is -2.25. The minimum absolute atomic E-state index is 0.209. The van der Waals surface area contributed by atoms with Gasteiger partial charge in [-0.2, -0.15) is 17.5 Å². The molecule has 134 valence electrons. The summed E-state index contributed by atoms with van der Waals surface area (Å²) in [6.45, 7) is 0.209. The van der Waals surface area contributed by atoms with E-state index >= 15 is 0 Å². The molecule has 2 aromatic rings. The predicted molar refractivity (Wildman–Crippen MR) is 83.7 cm³/mol. The molecule has 1 unspecified atom stereocenters. The van der Waals surface area contributed by atoms with Crippen LogP contribution in [0.5, 0.6) is 0 Å². The smallest absolute Gasteiger partial charge is 0.207 e. The van der Waals surface area contributed by atoms with Crippen molar-refractivity contribution in [3.05, 3.63) is 65.5 Å². The van der Waals surface area contributed by atoms with Crippen LogP contribution in [0.2, 0.25) is 0 Å². The molecule has 0 aromatic heterocycles. The third kappa shape index (κ3) is 3.41. The van der Waals surface area contributed by atoms with Crippen LogP contribution in [0.1, 0.15) is 30.0 Å². The van der Waals surface area contributed by atoms with Gasteiger partial charge in [-0.3, -0.25) is 0 Å². The van der Waals surface area contributed by atoms with Crippen molar-refractivity contribution in [2.45, 2.75) is 30.0 Å². The van der Waals surface area contributed by atoms with Gasteiger partial charge in [0.1, 0.15) is 5.82 Å². The van der Waals surface area contributed by atoms with Crippen LogP contribution in [-0.4, -0.2) is 19.3 Å². The van der Waals surface area contributed by atoms with Crippen molar-refractivity contribution < 1.29 is 26.0 Å². The Balaban J connectivity index is 2.02. The maximum Gasteiger partial charge on any atom is 0.419 e. The second-order valence-electron chi connectivity index (χ2n) is 5.82. The maximum absolute atomic E-state index is 13.4. The largest absolute Gasteiger partial charge is 0.419 e. The summed E-state index contributed by atoms with van der Waals surface area (Å²) < 4.78 is 79.0. The number of hydrogen-bond acceptors (Lipinski definition) is 2. The van der Waals surface area contributed by atoms with Gasteiger partial charge in [0.2, 0.25) is 10.0 Å². The van der Waals surface area contributed by atoms with E-state index in [4.69, 9.17) is 0 Å². The van der Waals surface area contributed by atoms with Gasteiger partial charge in [0.05, 0.1) is 16.5 Å². The van der Waals surface area contributed by atoms with Crippen LogP contribution in [0, 0.1) is 5.82 Å². The van der Waals surface area contributed by atoms with Gasteiger partial charge in [-0.25, -0.2) is 12.8 Å². The molecular formula is C17H15F4NO2S. The van der Waals surface area contributed by atoms with Gasteiger partial charge in [-0.05, 0) is 36.6 Å². The second-order valence-corrected chi connectivity index (χ2v) is 7.71. The molecule has 0 bridgehead atoms. The van der Waals surface area contributed by atoms with E-state index in [2.05, 4.69) is 0 Å². The van der Waals surface area contributed by atoms with E-state index in [9.17, 15) is 26.0 Å². The summed E-state index contributed by atoms with van der Waals surface area (Å²) in [7, 11) is -4.17. The molecule has 1 saturated heterocycles. The van der Waals surface area contributed by atoms with Crippen molar-refractivity contribution in [2.24, 2.45) is 0 Å². The molecule has 1 atom stereocenters. The molecule has 0 N–H and O–H groups in total. The monoisotopic (exact) mass is 373 g/mol. The number of rotatable bonds is 3. The summed E-state index contributed by atoms with van der Waals surface area (Å²) in [5.74, 6) is -1.49. The Morgan fingerprint density at radius 3 is 2.36 bits per heavy atom. The van der Waals surface area contributed by atoms with Crippen molar-refractivity contribution in [3.63, 3.8) is 0 Å². The molecule has 0 radical (unpaired) electrons. The van der Waals surface area contributed by atoms with Gasteiger partial charge in [-0.15, -0.1) is 0 Å². The second kappa shape index (κ2) is 6.42. The highest BCUT2D eigenvalue weighted by molar-refractivity contribution is 7.89. The highest BCUT2D eigenvalue weighted by Gasteiger charge is 2.39. The third-order valence-corrected chi connectivity index (χ3v) is 6.14. The number of benzene rings is 2. The molecule has 0 saturated carbocycles. The lowest BCUT2D eigenvalue weighted by atomic mass is 10.1. The van der Waals surface area contributed by atoms with Gasteiger partial charge in [-0.1, -0.05) is 30.3 Å². The molecule has 0 spiro atoms. The van der Waals surface area contributed by atoms with E-state index in [0.29, 0.717) is 25.0 Å². The highest BCUT2D eigenvalue weighted by Crippen LogP contribution is 2.38. The highest BCUT2D eigenvalue weighted by atomic mass is 32.2. The Labute approximate surface area is 142 Å². The minimum atomic E-state index is -4.96. The first-order valence-corrected chi connectivity index (χ1v) is 9.09. The van der Waals surface area contributed by atoms with Crippen LogP contribution in [0.15, 0.2) is 53.4 Å². The molecule has 1 aliphatic heterocycles. The average molecular weight is 373 g/mol. The first-order chi connectivity index (χ1) is 11.7. The van der Waals surface area contributed by atoms with Crippen molar-refractivity contribution in [3.8, 4) is 0 Å². The zero-order chi connectivity index (χ0) is 18.2. The zero-order valence-corrected chi connectivity index (χ0v) is 13.8. The first kappa shape index (κ1) is 17.9. The Bertz CT molecular complexity index is 866. The molecule has 25 heavy (non-hydrogen) atoms. The first-order valence-electron chi connectivity index (χ1n) is 7.65. The lowest BCUT2D eigenvalue weighted by Crippen LogP contribution is -2.31. The van der Waals surface area contributed by atoms with E-state index in [1.54, 1.807) is 30.3 Å². The minimum Gasteiger partial charge on any atom is -0.207 e. The topological polar surface area (TPSA) is 37.4 Å². The van der Waals surface area contributed by atoms with Crippen molar-refractivity contribution in [1.82, 2.24) is 4.31 Å². The molecule has 8 heteroatoms. The number of halogens is 4. The fraction of sp³-hybridized carbons (Fsp3) is 0.294. The Morgan fingerprint density at radius 1 is 1.04 bits per heavy atom. The third-order valence-electron chi connectivity index (χ3n) is 4.24. The van der Waals surface area contributed by atoms with Crippen LogP contribution >= 0.6 is 0 Å². The lowest BCUT2D eigenvalue weighted by molar-refractivity contribution is -0.140. The van der Waals surface area contributed by atoms with Crippen molar-refractivity contribution >= 4 is 10.0 Å². The van der Waals surface area contributed by atoms with Gasteiger partial charge < -0.3 is 0 Å². The van der Waals surface area contributed by atoms with Crippen LogP contribution in [-0.2, 0) is 16.2 Å². The van der Waals surface area contributed by atoms with Crippen LogP contribution in [0.3, 0.4) is 0 Å². The molecule has 1 fully saturated rings. The standard InChI is InChI=1S/C17H15F4NO2S/c18-15-9-8-13(11-14(15)17(19,20)21)25(23,24)22-10-4-7-16(22)12-5-2-1-3-6-12/h1-3,5-6,8-9,11,16H,4,7,10H2. The molecule has 3 rings (SSSR count). The fourth-order valence-corrected chi connectivity index (χ4v) is 4.76. The normalized spacial score (nSPS) is 19.3. The van der Waals surface area contributed by atoms with E-state index in [1.165, 1.54) is 4.31 Å². The van der Waals surface area contributed by atoms with Crippen LogP contribution < -0.4 is 0 Å². The molecule has 0 aliphatic carbocycles. The van der Waals surface area contributed by atoms with Gasteiger partial charge >= 0.3 is 6.18 Å². The molecule has 0 amide bonds. The summed E-state index contributed by atoms with van der Waals surface area (Å²) in [6, 6.07) is 10.3. The summed E-state index contributed by atoms with van der Waals surface area (Å²) in [5.41, 5.74) is -0.800. The summed E-state index contributed by atoms with van der Waals surface area (Å²) in [4.78, 5) is -0.552. The van der Waals surface area contributed by atoms with Crippen molar-refractivity contribution in [2.75, 3.05) is 6.54 Å². The average Bonchev–Trinajstić information content (AvgIpc) is 3.05. The molecule has 1 aliphatic rings. The fourth-order valence-electron chi connectivity index (χ4n) is 3.05. The SMILES string of the molecule is O=S(=O)(c1ccc(F)c(C(F)(F)F)c1)N1CCCC1c1ccccc1. The summed E-state index contributed by atoms with van der Waals surface area (Å²) in [5, 5.41) is 0. The number of sulfonamides is 1. The number of nitrogens with zero attached hydrogens (tertiary/aromatic N) is 1. The molecular weight excluding hydrogens is 358 g/mol. The number of alkyl halides is 3. The summed E-state index contributed by atoms with van der Waals surface area (Å²) in [6.07, 6.45) is -3.78. The van der Waals surface area contributed by atoms with Gasteiger partial charge in [0, 0.05) is 6.54 Å². The van der Waals surface area contributed by atoms with E-state index in [1.807, 2.05) is 0 Å². The summed E-state index contributed by atoms with van der Waals surface area (Å²) >= 11 is 0. The van der Waals surface area contributed by atoms with E-state index in [-0.39, 0.29) is 6.54 Å². The molecule has 3 nitrogen and oxygen atoms in total. The predicted octanol–water partition coefficient (Wildman–Crippen LogP) is 4.37. The zero-order valence-electron chi connectivity index (χ0n) is 13.0. The van der Waals surface area contributed by atoms with Crippen LogP contribution in [0.25, 0.3) is 0 Å². The molecule has 2 aromatic carbocycles. The van der Waals surface area contributed by atoms with Crippen LogP contribution in [0.4, 0.5) is 17.6 Å². The van der Waals surface area contributed by atoms with E-state index in [0.717, 1.165) is 11.6 Å². The van der Waals surface area contributed by atoms with Gasteiger partial charge in [0.15, 0.2) is 0 Å². The Morgan fingerprint density at radius 2 is 1.72 bits per heavy atom. The Hall–Kier alpha value is -1.93. The van der Waals surface area contributed by atoms with E-state index < -0.39 is 38.5 Å². The van der Waals surface area contributed by atoms with Gasteiger partial charge in [0.25, 0.3) is 0 Å². The maximum atomic E-state index is 13.4. The number of hydrogen-bond donors (Lipinski definition) is 0. The van der Waals surface area contributed by atoms with Crippen molar-refractivity contribution in [1.29, 1.82) is 0 Å². The Kier molecular flexibility index (Phi) is 4.59. The quantitative estimate of drug-likeness (QED) is 0.750.